The van der Waals surface area contributed by atoms with Gasteiger partial charge in [-0.05, 0) is 71.6 Å². The van der Waals surface area contributed by atoms with Crippen LogP contribution in [0.1, 0.15) is 79.6 Å². The van der Waals surface area contributed by atoms with Gasteiger partial charge in [-0.15, -0.1) is 0 Å². The zero-order valence-corrected chi connectivity index (χ0v) is 15.4. The minimum absolute atomic E-state index is 0.0195. The number of rotatable bonds is 5. The van der Waals surface area contributed by atoms with Gasteiger partial charge >= 0.3 is 5.97 Å². The lowest BCUT2D eigenvalue weighted by Crippen LogP contribution is -2.61. The number of hydrogen-bond donors (Lipinski definition) is 0. The Morgan fingerprint density at radius 2 is 1.65 bits per heavy atom. The summed E-state index contributed by atoms with van der Waals surface area (Å²) in [4.78, 5) is 25.2. The fourth-order valence-corrected chi connectivity index (χ4v) is 5.44. The molecule has 0 N–H and O–H groups in total. The quantitative estimate of drug-likeness (QED) is 0.699. The standard InChI is InChI=1S/C20H32O3/c1-6-18(3,4)17(22)23-19(5,7-2)20-10-13-8-14(11-20)16(21)15(9-13)12-20/h13-15H,6-12H2,1-5H3. The van der Waals surface area contributed by atoms with Crippen molar-refractivity contribution < 1.29 is 14.3 Å². The van der Waals surface area contributed by atoms with Crippen molar-refractivity contribution in [1.82, 2.24) is 0 Å². The Bertz CT molecular complexity index is 503. The topological polar surface area (TPSA) is 43.4 Å². The van der Waals surface area contributed by atoms with Gasteiger partial charge in [0.25, 0.3) is 0 Å². The van der Waals surface area contributed by atoms with Crippen LogP contribution in [0.15, 0.2) is 0 Å². The molecule has 0 heterocycles. The Kier molecular flexibility index (Phi) is 3.93. The second-order valence-electron chi connectivity index (χ2n) is 9.24. The Balaban J connectivity index is 1.88. The zero-order valence-electron chi connectivity index (χ0n) is 15.4. The molecule has 3 unspecified atom stereocenters. The summed E-state index contributed by atoms with van der Waals surface area (Å²) in [5.41, 5.74) is -0.854. The van der Waals surface area contributed by atoms with Crippen LogP contribution in [0.3, 0.4) is 0 Å². The normalized spacial score (nSPS) is 38.5. The van der Waals surface area contributed by atoms with Crippen molar-refractivity contribution in [2.75, 3.05) is 0 Å². The smallest absolute Gasteiger partial charge is 0.312 e. The van der Waals surface area contributed by atoms with Crippen molar-refractivity contribution in [3.63, 3.8) is 0 Å². The van der Waals surface area contributed by atoms with Crippen LogP contribution in [-0.2, 0) is 14.3 Å². The van der Waals surface area contributed by atoms with Crippen molar-refractivity contribution in [2.24, 2.45) is 28.6 Å². The Labute approximate surface area is 140 Å². The van der Waals surface area contributed by atoms with E-state index in [0.29, 0.717) is 11.7 Å². The first-order chi connectivity index (χ1) is 10.7. The molecule has 0 aromatic heterocycles. The first-order valence-electron chi connectivity index (χ1n) is 9.43. The lowest BCUT2D eigenvalue weighted by Gasteiger charge is -2.61. The summed E-state index contributed by atoms with van der Waals surface area (Å²) < 4.78 is 6.21. The lowest BCUT2D eigenvalue weighted by molar-refractivity contribution is -0.210. The van der Waals surface area contributed by atoms with Gasteiger partial charge in [0.05, 0.1) is 5.41 Å². The molecule has 0 spiro atoms. The Morgan fingerprint density at radius 3 is 2.13 bits per heavy atom. The van der Waals surface area contributed by atoms with Crippen LogP contribution in [0, 0.1) is 28.6 Å². The lowest BCUT2D eigenvalue weighted by atomic mass is 9.45. The van der Waals surface area contributed by atoms with Crippen molar-refractivity contribution in [2.45, 2.75) is 85.2 Å². The molecule has 3 nitrogen and oxygen atoms in total. The van der Waals surface area contributed by atoms with Gasteiger partial charge in [0, 0.05) is 17.3 Å². The molecule has 0 radical (unpaired) electrons. The number of carbonyl (C=O) groups is 2. The van der Waals surface area contributed by atoms with E-state index in [1.807, 2.05) is 20.8 Å². The second-order valence-corrected chi connectivity index (χ2v) is 9.24. The van der Waals surface area contributed by atoms with Crippen LogP contribution in [0.2, 0.25) is 0 Å². The molecule has 4 aliphatic rings. The minimum Gasteiger partial charge on any atom is -0.458 e. The summed E-state index contributed by atoms with van der Waals surface area (Å²) in [5, 5.41) is 0. The highest BCUT2D eigenvalue weighted by Crippen LogP contribution is 2.64. The number of Topliss-reactive ketones (excluding diaryl/α,β-unsaturated/α-hetero) is 1. The number of hydrogen-bond acceptors (Lipinski definition) is 3. The molecule has 4 rings (SSSR count). The van der Waals surface area contributed by atoms with E-state index in [4.69, 9.17) is 4.74 Å². The zero-order chi connectivity index (χ0) is 17.0. The van der Waals surface area contributed by atoms with Crippen molar-refractivity contribution in [3.05, 3.63) is 0 Å². The van der Waals surface area contributed by atoms with Gasteiger partial charge < -0.3 is 4.74 Å². The Morgan fingerprint density at radius 1 is 1.09 bits per heavy atom. The maximum absolute atomic E-state index is 12.7. The molecule has 0 aromatic rings. The molecule has 0 aliphatic heterocycles. The van der Waals surface area contributed by atoms with Gasteiger partial charge in [0.2, 0.25) is 0 Å². The van der Waals surface area contributed by atoms with E-state index < -0.39 is 11.0 Å². The molecule has 4 bridgehead atoms. The molecule has 0 amide bonds. The van der Waals surface area contributed by atoms with Gasteiger partial charge in [-0.2, -0.15) is 0 Å². The third-order valence-corrected chi connectivity index (χ3v) is 7.55. The summed E-state index contributed by atoms with van der Waals surface area (Å²) >= 11 is 0. The van der Waals surface area contributed by atoms with Gasteiger partial charge in [0.1, 0.15) is 11.4 Å². The molecule has 4 aliphatic carbocycles. The molecule has 3 heteroatoms. The molecular weight excluding hydrogens is 288 g/mol. The number of ether oxygens (including phenoxy) is 1. The van der Waals surface area contributed by atoms with Crippen LogP contribution >= 0.6 is 0 Å². The summed E-state index contributed by atoms with van der Waals surface area (Å²) in [6.45, 7) is 10.2. The fraction of sp³-hybridized carbons (Fsp3) is 0.900. The van der Waals surface area contributed by atoms with Crippen molar-refractivity contribution in [1.29, 1.82) is 0 Å². The highest BCUT2D eigenvalue weighted by Gasteiger charge is 2.62. The van der Waals surface area contributed by atoms with Crippen LogP contribution in [0.25, 0.3) is 0 Å². The van der Waals surface area contributed by atoms with E-state index in [2.05, 4.69) is 13.8 Å². The third-order valence-electron chi connectivity index (χ3n) is 7.55. The van der Waals surface area contributed by atoms with Crippen LogP contribution in [0.5, 0.6) is 0 Å². The maximum atomic E-state index is 12.7. The predicted octanol–water partition coefficient (Wildman–Crippen LogP) is 4.53. The van der Waals surface area contributed by atoms with E-state index in [-0.39, 0.29) is 23.2 Å². The van der Waals surface area contributed by atoms with Crippen LogP contribution in [0.4, 0.5) is 0 Å². The Hall–Kier alpha value is -0.860. The summed E-state index contributed by atoms with van der Waals surface area (Å²) in [6.07, 6.45) is 6.77. The summed E-state index contributed by atoms with van der Waals surface area (Å²) in [6, 6.07) is 0. The molecule has 4 fully saturated rings. The minimum atomic E-state index is -0.438. The SMILES string of the molecule is CCC(C)(C)C(=O)OC(C)(CC)C12CC3CC(C1)C(=O)C(C3)C2. The first-order valence-corrected chi connectivity index (χ1v) is 9.43. The van der Waals surface area contributed by atoms with Gasteiger partial charge in [-0.1, -0.05) is 13.8 Å². The number of ketones is 1. The van der Waals surface area contributed by atoms with E-state index in [1.54, 1.807) is 0 Å². The molecule has 130 valence electrons. The monoisotopic (exact) mass is 320 g/mol. The largest absolute Gasteiger partial charge is 0.458 e. The maximum Gasteiger partial charge on any atom is 0.312 e. The average Bonchev–Trinajstić information content (AvgIpc) is 2.51. The molecule has 23 heavy (non-hydrogen) atoms. The van der Waals surface area contributed by atoms with Crippen molar-refractivity contribution >= 4 is 11.8 Å². The third kappa shape index (κ3) is 2.46. The molecule has 3 atom stereocenters. The van der Waals surface area contributed by atoms with Gasteiger partial charge in [-0.25, -0.2) is 0 Å². The van der Waals surface area contributed by atoms with E-state index in [9.17, 15) is 9.59 Å². The first kappa shape index (κ1) is 17.0. The van der Waals surface area contributed by atoms with Gasteiger partial charge in [0.15, 0.2) is 0 Å². The van der Waals surface area contributed by atoms with E-state index in [1.165, 1.54) is 0 Å². The average molecular weight is 320 g/mol. The summed E-state index contributed by atoms with van der Waals surface area (Å²) in [7, 11) is 0. The van der Waals surface area contributed by atoms with Crippen LogP contribution in [-0.4, -0.2) is 17.4 Å². The van der Waals surface area contributed by atoms with E-state index in [0.717, 1.165) is 44.9 Å². The molecule has 4 saturated carbocycles. The predicted molar refractivity (Wildman–Crippen MR) is 89.9 cm³/mol. The summed E-state index contributed by atoms with van der Waals surface area (Å²) in [5.74, 6) is 1.53. The van der Waals surface area contributed by atoms with Crippen LogP contribution < -0.4 is 0 Å². The molecule has 0 aromatic carbocycles. The van der Waals surface area contributed by atoms with Gasteiger partial charge in [-0.3, -0.25) is 9.59 Å². The second kappa shape index (κ2) is 5.32. The fourth-order valence-electron chi connectivity index (χ4n) is 5.44. The van der Waals surface area contributed by atoms with E-state index >= 15 is 0 Å². The number of carbonyl (C=O) groups excluding carboxylic acids is 2. The highest BCUT2D eigenvalue weighted by atomic mass is 16.6. The highest BCUT2D eigenvalue weighted by molar-refractivity contribution is 5.86. The number of esters is 1. The van der Waals surface area contributed by atoms with Crippen molar-refractivity contribution in [3.8, 4) is 0 Å². The molecular formula is C20H32O3. The molecule has 0 saturated heterocycles.